The van der Waals surface area contributed by atoms with Gasteiger partial charge in [-0.05, 0) is 24.6 Å². The van der Waals surface area contributed by atoms with Gasteiger partial charge < -0.3 is 15.2 Å². The second-order valence-electron chi connectivity index (χ2n) is 3.72. The number of aliphatic hydroxyl groups excluding tert-OH is 1. The van der Waals surface area contributed by atoms with Crippen molar-refractivity contribution in [1.82, 2.24) is 5.32 Å². The van der Waals surface area contributed by atoms with Gasteiger partial charge in [0, 0.05) is 0 Å². The van der Waals surface area contributed by atoms with Crippen LogP contribution in [-0.4, -0.2) is 30.3 Å². The number of hydrogen-bond donors (Lipinski definition) is 2. The summed E-state index contributed by atoms with van der Waals surface area (Å²) in [6, 6.07) is 3.37. The molecule has 1 atom stereocenters. The van der Waals surface area contributed by atoms with Crippen molar-refractivity contribution < 1.29 is 19.0 Å². The highest BCUT2D eigenvalue weighted by Crippen LogP contribution is 2.24. The topological polar surface area (TPSA) is 58.6 Å². The van der Waals surface area contributed by atoms with Crippen molar-refractivity contribution in [2.45, 2.75) is 19.4 Å². The normalized spacial score (nSPS) is 12.0. The first-order valence-electron chi connectivity index (χ1n) is 5.54. The minimum atomic E-state index is -0.469. The molecule has 0 spiro atoms. The molecule has 1 aromatic rings. The van der Waals surface area contributed by atoms with Crippen LogP contribution in [0, 0.1) is 5.82 Å². The third kappa shape index (κ3) is 4.50. The zero-order valence-corrected chi connectivity index (χ0v) is 10.7. The minimum Gasteiger partial charge on any atom is -0.482 e. The molecule has 0 bridgehead atoms. The van der Waals surface area contributed by atoms with Crippen molar-refractivity contribution in [3.63, 3.8) is 0 Å². The van der Waals surface area contributed by atoms with Gasteiger partial charge in [-0.1, -0.05) is 18.5 Å². The van der Waals surface area contributed by atoms with Crippen LogP contribution in [-0.2, 0) is 4.79 Å². The number of ether oxygens (including phenoxy) is 1. The first kappa shape index (κ1) is 14.7. The number of hydrogen-bond acceptors (Lipinski definition) is 3. The van der Waals surface area contributed by atoms with Crippen LogP contribution in [0.5, 0.6) is 5.75 Å². The van der Waals surface area contributed by atoms with E-state index in [2.05, 4.69) is 5.32 Å². The molecule has 0 unspecified atom stereocenters. The highest BCUT2D eigenvalue weighted by molar-refractivity contribution is 6.32. The van der Waals surface area contributed by atoms with E-state index in [9.17, 15) is 9.18 Å². The molecule has 0 aliphatic rings. The fourth-order valence-corrected chi connectivity index (χ4v) is 1.50. The Balaban J connectivity index is 2.47. The summed E-state index contributed by atoms with van der Waals surface area (Å²) in [7, 11) is 0. The molecule has 1 rings (SSSR count). The van der Waals surface area contributed by atoms with Crippen molar-refractivity contribution in [2.24, 2.45) is 0 Å². The predicted octanol–water partition coefficient (Wildman–Crippen LogP) is 1.74. The maximum atomic E-state index is 12.8. The molecule has 0 aliphatic heterocycles. The van der Waals surface area contributed by atoms with Crippen LogP contribution in [0.25, 0.3) is 0 Å². The smallest absolute Gasteiger partial charge is 0.258 e. The Hall–Kier alpha value is -1.33. The Morgan fingerprint density at radius 3 is 2.89 bits per heavy atom. The van der Waals surface area contributed by atoms with E-state index in [1.807, 2.05) is 6.92 Å². The molecule has 2 N–H and O–H groups in total. The Labute approximate surface area is 110 Å². The van der Waals surface area contributed by atoms with E-state index in [4.69, 9.17) is 21.4 Å². The molecular weight excluding hydrogens is 261 g/mol. The zero-order valence-electron chi connectivity index (χ0n) is 9.95. The summed E-state index contributed by atoms with van der Waals surface area (Å²) < 4.78 is 17.9. The lowest BCUT2D eigenvalue weighted by atomic mass is 10.2. The highest BCUT2D eigenvalue weighted by Gasteiger charge is 2.10. The fourth-order valence-electron chi connectivity index (χ4n) is 1.28. The number of amides is 1. The maximum Gasteiger partial charge on any atom is 0.258 e. The highest BCUT2D eigenvalue weighted by atomic mass is 35.5. The van der Waals surface area contributed by atoms with Crippen LogP contribution in [0.4, 0.5) is 4.39 Å². The Kier molecular flexibility index (Phi) is 5.88. The van der Waals surface area contributed by atoms with Crippen molar-refractivity contribution in [2.75, 3.05) is 13.2 Å². The Bertz CT molecular complexity index is 410. The number of rotatable bonds is 6. The molecule has 0 saturated heterocycles. The number of halogens is 2. The number of aliphatic hydroxyl groups is 1. The van der Waals surface area contributed by atoms with Gasteiger partial charge in [-0.3, -0.25) is 4.79 Å². The lowest BCUT2D eigenvalue weighted by Gasteiger charge is -2.14. The van der Waals surface area contributed by atoms with Gasteiger partial charge >= 0.3 is 0 Å². The summed E-state index contributed by atoms with van der Waals surface area (Å²) in [5, 5.41) is 11.6. The summed E-state index contributed by atoms with van der Waals surface area (Å²) >= 11 is 5.74. The third-order valence-electron chi connectivity index (χ3n) is 2.33. The Morgan fingerprint density at radius 2 is 2.33 bits per heavy atom. The maximum absolute atomic E-state index is 12.8. The standard InChI is InChI=1S/C12H15ClFNO3/c1-2-9(6-16)15-12(17)7-18-11-4-3-8(14)5-10(11)13/h3-5,9,16H,2,6-7H2,1H3,(H,15,17)/t9-/m0/s1. The van der Waals surface area contributed by atoms with Gasteiger partial charge in [-0.15, -0.1) is 0 Å². The SMILES string of the molecule is CC[C@@H](CO)NC(=O)COc1ccc(F)cc1Cl. The zero-order chi connectivity index (χ0) is 13.5. The van der Waals surface area contributed by atoms with Crippen LogP contribution >= 0.6 is 11.6 Å². The van der Waals surface area contributed by atoms with E-state index < -0.39 is 5.82 Å². The number of carbonyl (C=O) groups excluding carboxylic acids is 1. The van der Waals surface area contributed by atoms with Crippen molar-refractivity contribution >= 4 is 17.5 Å². The molecule has 100 valence electrons. The van der Waals surface area contributed by atoms with E-state index in [0.717, 1.165) is 6.07 Å². The summed E-state index contributed by atoms with van der Waals surface area (Å²) in [5.74, 6) is -0.593. The second kappa shape index (κ2) is 7.18. The molecule has 0 fully saturated rings. The summed E-state index contributed by atoms with van der Waals surface area (Å²) in [4.78, 5) is 11.5. The quantitative estimate of drug-likeness (QED) is 0.831. The fraction of sp³-hybridized carbons (Fsp3) is 0.417. The van der Waals surface area contributed by atoms with Crippen molar-refractivity contribution in [3.8, 4) is 5.75 Å². The molecule has 0 aromatic heterocycles. The monoisotopic (exact) mass is 275 g/mol. The molecule has 1 amide bonds. The largest absolute Gasteiger partial charge is 0.482 e. The van der Waals surface area contributed by atoms with Crippen LogP contribution in [0.3, 0.4) is 0 Å². The molecule has 1 aromatic carbocycles. The van der Waals surface area contributed by atoms with E-state index in [1.54, 1.807) is 0 Å². The van der Waals surface area contributed by atoms with Crippen LogP contribution in [0.2, 0.25) is 5.02 Å². The van der Waals surface area contributed by atoms with Gasteiger partial charge in [-0.2, -0.15) is 0 Å². The number of nitrogens with one attached hydrogen (secondary N) is 1. The molecule has 0 aliphatic carbocycles. The predicted molar refractivity (Wildman–Crippen MR) is 66.2 cm³/mol. The van der Waals surface area contributed by atoms with E-state index in [1.165, 1.54) is 12.1 Å². The lowest BCUT2D eigenvalue weighted by molar-refractivity contribution is -0.124. The van der Waals surface area contributed by atoms with Gasteiger partial charge in [0.15, 0.2) is 6.61 Å². The van der Waals surface area contributed by atoms with Crippen LogP contribution in [0.15, 0.2) is 18.2 Å². The van der Waals surface area contributed by atoms with Gasteiger partial charge in [0.2, 0.25) is 0 Å². The minimum absolute atomic E-state index is 0.108. The van der Waals surface area contributed by atoms with Gasteiger partial charge in [-0.25, -0.2) is 4.39 Å². The average Bonchev–Trinajstić information content (AvgIpc) is 2.35. The van der Waals surface area contributed by atoms with E-state index in [-0.39, 0.29) is 35.9 Å². The van der Waals surface area contributed by atoms with E-state index in [0.29, 0.717) is 6.42 Å². The molecule has 6 heteroatoms. The van der Waals surface area contributed by atoms with Gasteiger partial charge in [0.25, 0.3) is 5.91 Å². The molecule has 0 saturated carbocycles. The number of benzene rings is 1. The lowest BCUT2D eigenvalue weighted by Crippen LogP contribution is -2.39. The summed E-state index contributed by atoms with van der Waals surface area (Å²) in [5.41, 5.74) is 0. The van der Waals surface area contributed by atoms with Gasteiger partial charge in [0.1, 0.15) is 11.6 Å². The molecule has 4 nitrogen and oxygen atoms in total. The first-order chi connectivity index (χ1) is 8.56. The molecule has 0 heterocycles. The third-order valence-corrected chi connectivity index (χ3v) is 2.63. The first-order valence-corrected chi connectivity index (χ1v) is 5.92. The van der Waals surface area contributed by atoms with Gasteiger partial charge in [0.05, 0.1) is 17.7 Å². The van der Waals surface area contributed by atoms with Crippen molar-refractivity contribution in [3.05, 3.63) is 29.0 Å². The second-order valence-corrected chi connectivity index (χ2v) is 4.13. The molecular formula is C12H15ClFNO3. The van der Waals surface area contributed by atoms with E-state index >= 15 is 0 Å². The molecule has 18 heavy (non-hydrogen) atoms. The number of carbonyl (C=O) groups is 1. The molecule has 0 radical (unpaired) electrons. The van der Waals surface area contributed by atoms with Crippen molar-refractivity contribution in [1.29, 1.82) is 0 Å². The van der Waals surface area contributed by atoms with Crippen LogP contribution < -0.4 is 10.1 Å². The summed E-state index contributed by atoms with van der Waals surface area (Å²) in [6.45, 7) is 1.49. The summed E-state index contributed by atoms with van der Waals surface area (Å²) in [6.07, 6.45) is 0.625. The average molecular weight is 276 g/mol. The Morgan fingerprint density at radius 1 is 1.61 bits per heavy atom. The van der Waals surface area contributed by atoms with Crippen LogP contribution in [0.1, 0.15) is 13.3 Å².